The third-order valence-corrected chi connectivity index (χ3v) is 12.7. The lowest BCUT2D eigenvalue weighted by Crippen LogP contribution is -2.14. The van der Waals surface area contributed by atoms with E-state index in [4.69, 9.17) is 0 Å². The van der Waals surface area contributed by atoms with E-state index in [0.29, 0.717) is 0 Å². The second-order valence-corrected chi connectivity index (χ2v) is 16.9. The van der Waals surface area contributed by atoms with E-state index in [-0.39, 0.29) is 0 Å². The highest BCUT2D eigenvalue weighted by atomic mass is 15.2. The summed E-state index contributed by atoms with van der Waals surface area (Å²) in [6.07, 6.45) is 0. The maximum Gasteiger partial charge on any atom is 0.0540 e. The van der Waals surface area contributed by atoms with Gasteiger partial charge in [-0.1, -0.05) is 231 Å². The van der Waals surface area contributed by atoms with Crippen LogP contribution in [0.5, 0.6) is 0 Å². The Morgan fingerprint density at radius 2 is 0.456 bits per heavy atom. The molecule has 2 nitrogen and oxygen atoms in total. The predicted molar refractivity (Wildman–Crippen MR) is 288 cm³/mol. The minimum atomic E-state index is 1.06. The van der Waals surface area contributed by atoms with Crippen LogP contribution in [-0.4, -0.2) is 0 Å². The minimum absolute atomic E-state index is 1.06. The first-order valence-corrected chi connectivity index (χ1v) is 23.3. The topological polar surface area (TPSA) is 6.48 Å². The van der Waals surface area contributed by atoms with Gasteiger partial charge < -0.3 is 9.80 Å². The molecule has 0 N–H and O–H groups in total. The standard InChI is InChI=1S/C66H48N2/c1-7-23-49(24-8-1)51-39-43-57(44-40-51)67(58-45-41-52(42-46-58)50-25-9-2-10-26-50)64-37-21-19-35-60(64)61-36-20-22-38-65(61)68(56-33-17-6-18-34-56)59-47-62(53-27-11-3-12-28-53)66(55-31-15-5-16-32-55)63(48-59)54-29-13-4-14-30-54/h1-48H. The summed E-state index contributed by atoms with van der Waals surface area (Å²) in [6.45, 7) is 0. The summed E-state index contributed by atoms with van der Waals surface area (Å²) in [5, 5.41) is 0. The average molecular weight is 869 g/mol. The van der Waals surface area contributed by atoms with Gasteiger partial charge in [0.15, 0.2) is 0 Å². The molecule has 0 aliphatic carbocycles. The number of rotatable bonds is 12. The quantitative estimate of drug-likeness (QED) is 0.121. The van der Waals surface area contributed by atoms with Crippen molar-refractivity contribution in [3.63, 3.8) is 0 Å². The Kier molecular flexibility index (Phi) is 11.8. The smallest absolute Gasteiger partial charge is 0.0540 e. The first kappa shape index (κ1) is 41.7. The largest absolute Gasteiger partial charge is 0.310 e. The Morgan fingerprint density at radius 1 is 0.176 bits per heavy atom. The Morgan fingerprint density at radius 3 is 0.853 bits per heavy atom. The molecule has 0 saturated heterocycles. The number of anilines is 6. The molecule has 0 bridgehead atoms. The summed E-state index contributed by atoms with van der Waals surface area (Å²) >= 11 is 0. The van der Waals surface area contributed by atoms with Crippen molar-refractivity contribution in [1.82, 2.24) is 0 Å². The number of para-hydroxylation sites is 3. The van der Waals surface area contributed by atoms with Gasteiger partial charge in [0.25, 0.3) is 0 Å². The SMILES string of the molecule is c1ccc(-c2ccc(N(c3ccc(-c4ccccc4)cc3)c3ccccc3-c3ccccc3N(c3ccccc3)c3cc(-c4ccccc4)c(-c4ccccc4)c(-c4ccccc4)c3)cc2)cc1. The van der Waals surface area contributed by atoms with Crippen LogP contribution in [-0.2, 0) is 0 Å². The zero-order chi connectivity index (χ0) is 45.5. The summed E-state index contributed by atoms with van der Waals surface area (Å²) in [6, 6.07) is 105. The van der Waals surface area contributed by atoms with Crippen LogP contribution < -0.4 is 9.80 Å². The van der Waals surface area contributed by atoms with Crippen molar-refractivity contribution in [2.24, 2.45) is 0 Å². The monoisotopic (exact) mass is 868 g/mol. The van der Waals surface area contributed by atoms with E-state index < -0.39 is 0 Å². The highest BCUT2D eigenvalue weighted by Gasteiger charge is 2.25. The highest BCUT2D eigenvalue weighted by Crippen LogP contribution is 2.50. The summed E-state index contributed by atoms with van der Waals surface area (Å²) < 4.78 is 0. The summed E-state index contributed by atoms with van der Waals surface area (Å²) in [7, 11) is 0. The zero-order valence-electron chi connectivity index (χ0n) is 37.6. The molecular formula is C66H48N2. The van der Waals surface area contributed by atoms with Crippen LogP contribution in [0, 0.1) is 0 Å². The van der Waals surface area contributed by atoms with Crippen LogP contribution in [0.4, 0.5) is 34.1 Å². The molecule has 0 radical (unpaired) electrons. The van der Waals surface area contributed by atoms with E-state index in [2.05, 4.69) is 301 Å². The molecule has 0 spiro atoms. The normalized spacial score (nSPS) is 10.9. The highest BCUT2D eigenvalue weighted by molar-refractivity contribution is 6.01. The average Bonchev–Trinajstić information content (AvgIpc) is 3.43. The first-order chi connectivity index (χ1) is 33.8. The third kappa shape index (κ3) is 8.51. The van der Waals surface area contributed by atoms with Gasteiger partial charge in [-0.25, -0.2) is 0 Å². The molecule has 68 heavy (non-hydrogen) atoms. The number of hydrogen-bond acceptors (Lipinski definition) is 2. The van der Waals surface area contributed by atoms with Crippen LogP contribution in [0.25, 0.3) is 66.8 Å². The fraction of sp³-hybridized carbons (Fsp3) is 0. The molecule has 0 amide bonds. The fourth-order valence-corrected chi connectivity index (χ4v) is 9.45. The van der Waals surface area contributed by atoms with Crippen molar-refractivity contribution >= 4 is 34.1 Å². The molecule has 322 valence electrons. The Hall–Kier alpha value is -8.98. The lowest BCUT2D eigenvalue weighted by Gasteiger charge is -2.32. The van der Waals surface area contributed by atoms with Crippen LogP contribution in [0.15, 0.2) is 291 Å². The van der Waals surface area contributed by atoms with Crippen molar-refractivity contribution < 1.29 is 0 Å². The lowest BCUT2D eigenvalue weighted by atomic mass is 9.86. The van der Waals surface area contributed by atoms with Crippen LogP contribution >= 0.6 is 0 Å². The molecule has 0 aliphatic heterocycles. The molecule has 11 rings (SSSR count). The Balaban J connectivity index is 1.12. The fourth-order valence-electron chi connectivity index (χ4n) is 9.45. The van der Waals surface area contributed by atoms with Gasteiger partial charge in [-0.3, -0.25) is 0 Å². The van der Waals surface area contributed by atoms with Gasteiger partial charge in [-0.15, -0.1) is 0 Å². The van der Waals surface area contributed by atoms with Crippen LogP contribution in [0.3, 0.4) is 0 Å². The molecule has 11 aromatic carbocycles. The summed E-state index contributed by atoms with van der Waals surface area (Å²) in [5.41, 5.74) is 20.3. The van der Waals surface area contributed by atoms with Crippen molar-refractivity contribution in [2.75, 3.05) is 9.80 Å². The molecule has 0 atom stereocenters. The Bertz CT molecular complexity index is 3250. The number of hydrogen-bond donors (Lipinski definition) is 0. The lowest BCUT2D eigenvalue weighted by molar-refractivity contribution is 1.27. The minimum Gasteiger partial charge on any atom is -0.310 e. The maximum atomic E-state index is 2.44. The van der Waals surface area contributed by atoms with Gasteiger partial charge >= 0.3 is 0 Å². The van der Waals surface area contributed by atoms with Crippen molar-refractivity contribution in [3.05, 3.63) is 291 Å². The molecule has 2 heteroatoms. The molecular weight excluding hydrogens is 821 g/mol. The summed E-state index contributed by atoms with van der Waals surface area (Å²) in [4.78, 5) is 4.84. The van der Waals surface area contributed by atoms with Crippen LogP contribution in [0.2, 0.25) is 0 Å². The van der Waals surface area contributed by atoms with Crippen molar-refractivity contribution in [3.8, 4) is 66.8 Å². The van der Waals surface area contributed by atoms with Gasteiger partial charge in [-0.05, 0) is 116 Å². The van der Waals surface area contributed by atoms with E-state index >= 15 is 0 Å². The van der Waals surface area contributed by atoms with Crippen LogP contribution in [0.1, 0.15) is 0 Å². The molecule has 0 unspecified atom stereocenters. The summed E-state index contributed by atoms with van der Waals surface area (Å²) in [5.74, 6) is 0. The third-order valence-electron chi connectivity index (χ3n) is 12.7. The number of benzene rings is 11. The molecule has 11 aromatic rings. The zero-order valence-corrected chi connectivity index (χ0v) is 37.6. The van der Waals surface area contributed by atoms with Gasteiger partial charge in [0, 0.05) is 33.9 Å². The van der Waals surface area contributed by atoms with Gasteiger partial charge in [0.2, 0.25) is 0 Å². The van der Waals surface area contributed by atoms with Gasteiger partial charge in [-0.2, -0.15) is 0 Å². The van der Waals surface area contributed by atoms with E-state index in [1.54, 1.807) is 0 Å². The second kappa shape index (κ2) is 19.2. The Labute approximate surface area is 400 Å². The van der Waals surface area contributed by atoms with Crippen molar-refractivity contribution in [1.29, 1.82) is 0 Å². The van der Waals surface area contributed by atoms with Gasteiger partial charge in [0.05, 0.1) is 11.4 Å². The van der Waals surface area contributed by atoms with E-state index in [1.807, 2.05) is 0 Å². The van der Waals surface area contributed by atoms with E-state index in [9.17, 15) is 0 Å². The van der Waals surface area contributed by atoms with E-state index in [0.717, 1.165) is 67.5 Å². The van der Waals surface area contributed by atoms with E-state index in [1.165, 1.54) is 33.4 Å². The molecule has 0 heterocycles. The number of nitrogens with zero attached hydrogens (tertiary/aromatic N) is 2. The molecule has 0 aliphatic rings. The molecule has 0 aromatic heterocycles. The molecule has 0 fully saturated rings. The first-order valence-electron chi connectivity index (χ1n) is 23.3. The van der Waals surface area contributed by atoms with Crippen molar-refractivity contribution in [2.45, 2.75) is 0 Å². The van der Waals surface area contributed by atoms with Gasteiger partial charge in [0.1, 0.15) is 0 Å². The predicted octanol–water partition coefficient (Wildman–Crippen LogP) is 18.6. The maximum absolute atomic E-state index is 2.44. The molecule has 0 saturated carbocycles. The second-order valence-electron chi connectivity index (χ2n) is 16.9.